The zero-order valence-corrected chi connectivity index (χ0v) is 15.9. The van der Waals surface area contributed by atoms with Gasteiger partial charge in [-0.1, -0.05) is 42.5 Å². The van der Waals surface area contributed by atoms with Crippen LogP contribution in [0.25, 0.3) is 11.0 Å². The maximum atomic E-state index is 13.9. The molecule has 2 N–H and O–H groups in total. The van der Waals surface area contributed by atoms with E-state index in [0.29, 0.717) is 5.95 Å². The van der Waals surface area contributed by atoms with Crippen molar-refractivity contribution in [3.8, 4) is 0 Å². The van der Waals surface area contributed by atoms with Gasteiger partial charge in [0.25, 0.3) is 5.56 Å². The number of fused-ring (bicyclic) bond motifs is 2. The summed E-state index contributed by atoms with van der Waals surface area (Å²) in [5.74, 6) is -0.136. The SMILES string of the molecule is O=c1[nH]c2nc(N[C@@H]3CCc4ccccc43)ncc2c(=O)n1Cc1ccccc1F. The summed E-state index contributed by atoms with van der Waals surface area (Å²) in [7, 11) is 0. The predicted molar refractivity (Wildman–Crippen MR) is 111 cm³/mol. The number of hydrogen-bond acceptors (Lipinski definition) is 5. The zero-order valence-electron chi connectivity index (χ0n) is 15.9. The fraction of sp³-hybridized carbons (Fsp3) is 0.182. The molecule has 150 valence electrons. The van der Waals surface area contributed by atoms with Crippen LogP contribution in [0.1, 0.15) is 29.2 Å². The molecule has 0 radical (unpaired) electrons. The number of aryl methyl sites for hydroxylation is 1. The van der Waals surface area contributed by atoms with Crippen LogP contribution in [-0.4, -0.2) is 19.5 Å². The average molecular weight is 403 g/mol. The summed E-state index contributed by atoms with van der Waals surface area (Å²) in [5, 5.41) is 3.46. The van der Waals surface area contributed by atoms with Crippen LogP contribution in [0.4, 0.5) is 10.3 Å². The van der Waals surface area contributed by atoms with Gasteiger partial charge in [0.1, 0.15) is 11.2 Å². The van der Waals surface area contributed by atoms with Gasteiger partial charge in [0.15, 0.2) is 5.65 Å². The predicted octanol–water partition coefficient (Wildman–Crippen LogP) is 2.77. The lowest BCUT2D eigenvalue weighted by molar-refractivity contribution is 0.590. The van der Waals surface area contributed by atoms with Gasteiger partial charge in [0.2, 0.25) is 5.95 Å². The number of aromatic nitrogens is 4. The van der Waals surface area contributed by atoms with Crippen molar-refractivity contribution in [2.45, 2.75) is 25.4 Å². The van der Waals surface area contributed by atoms with Crippen molar-refractivity contribution in [1.29, 1.82) is 0 Å². The molecule has 0 fully saturated rings. The van der Waals surface area contributed by atoms with Crippen LogP contribution in [0.2, 0.25) is 0 Å². The van der Waals surface area contributed by atoms with Crippen molar-refractivity contribution in [3.05, 3.63) is 98.1 Å². The standard InChI is InChI=1S/C22H18FN5O2/c23-17-8-4-2-6-14(17)12-28-20(29)16-11-24-21(26-19(16)27-22(28)30)25-18-10-9-13-5-1-3-7-15(13)18/h1-8,11,18H,9-10,12H2,(H2,24,25,26,27,30)/t18-/m1/s1. The number of benzene rings is 2. The number of H-pyrrole nitrogens is 1. The molecule has 0 saturated heterocycles. The average Bonchev–Trinajstić information content (AvgIpc) is 3.15. The van der Waals surface area contributed by atoms with E-state index in [1.165, 1.54) is 29.5 Å². The number of hydrogen-bond donors (Lipinski definition) is 2. The van der Waals surface area contributed by atoms with Crippen LogP contribution in [0.15, 0.2) is 64.3 Å². The molecular formula is C22H18FN5O2. The van der Waals surface area contributed by atoms with Crippen LogP contribution in [0, 0.1) is 5.82 Å². The Morgan fingerprint density at radius 1 is 1.13 bits per heavy atom. The second kappa shape index (κ2) is 7.22. The molecule has 0 unspecified atom stereocenters. The molecule has 0 spiro atoms. The van der Waals surface area contributed by atoms with Gasteiger partial charge in [-0.15, -0.1) is 0 Å². The molecule has 4 aromatic rings. The van der Waals surface area contributed by atoms with E-state index < -0.39 is 17.1 Å². The molecule has 2 aromatic heterocycles. The largest absolute Gasteiger partial charge is 0.347 e. The second-order valence-corrected chi connectivity index (χ2v) is 7.30. The van der Waals surface area contributed by atoms with E-state index in [1.54, 1.807) is 12.1 Å². The van der Waals surface area contributed by atoms with Gasteiger partial charge in [-0.3, -0.25) is 14.3 Å². The number of halogens is 1. The Labute approximate surface area is 170 Å². The van der Waals surface area contributed by atoms with Crippen molar-refractivity contribution in [3.63, 3.8) is 0 Å². The number of rotatable bonds is 4. The van der Waals surface area contributed by atoms with Gasteiger partial charge >= 0.3 is 5.69 Å². The summed E-state index contributed by atoms with van der Waals surface area (Å²) in [6, 6.07) is 14.3. The summed E-state index contributed by atoms with van der Waals surface area (Å²) >= 11 is 0. The highest BCUT2D eigenvalue weighted by Crippen LogP contribution is 2.32. The molecule has 2 heterocycles. The second-order valence-electron chi connectivity index (χ2n) is 7.30. The van der Waals surface area contributed by atoms with Gasteiger partial charge in [-0.25, -0.2) is 14.2 Å². The van der Waals surface area contributed by atoms with Crippen molar-refractivity contribution >= 4 is 17.0 Å². The highest BCUT2D eigenvalue weighted by Gasteiger charge is 2.22. The maximum Gasteiger partial charge on any atom is 0.330 e. The molecule has 1 aliphatic carbocycles. The molecule has 0 bridgehead atoms. The highest BCUT2D eigenvalue weighted by atomic mass is 19.1. The van der Waals surface area contributed by atoms with Crippen molar-refractivity contribution in [1.82, 2.24) is 19.5 Å². The first-order valence-corrected chi connectivity index (χ1v) is 9.68. The molecule has 0 aliphatic heterocycles. The third kappa shape index (κ3) is 3.16. The molecule has 1 atom stereocenters. The maximum absolute atomic E-state index is 13.9. The molecule has 1 aliphatic rings. The Morgan fingerprint density at radius 2 is 1.93 bits per heavy atom. The zero-order chi connectivity index (χ0) is 20.7. The molecule has 0 amide bonds. The molecule has 7 nitrogen and oxygen atoms in total. The van der Waals surface area contributed by atoms with Gasteiger partial charge in [0, 0.05) is 11.8 Å². The van der Waals surface area contributed by atoms with E-state index in [1.807, 2.05) is 12.1 Å². The smallest absolute Gasteiger partial charge is 0.330 e. The number of nitrogens with zero attached hydrogens (tertiary/aromatic N) is 3. The van der Waals surface area contributed by atoms with Gasteiger partial charge in [-0.05, 0) is 30.0 Å². The van der Waals surface area contributed by atoms with E-state index in [9.17, 15) is 14.0 Å². The Morgan fingerprint density at radius 3 is 2.80 bits per heavy atom. The number of nitrogens with one attached hydrogen (secondary N) is 2. The summed E-state index contributed by atoms with van der Waals surface area (Å²) < 4.78 is 14.9. The van der Waals surface area contributed by atoms with E-state index in [-0.39, 0.29) is 29.2 Å². The van der Waals surface area contributed by atoms with Gasteiger partial charge in [0.05, 0.1) is 12.6 Å². The Bertz CT molecular complexity index is 1380. The lowest BCUT2D eigenvalue weighted by atomic mass is 10.1. The van der Waals surface area contributed by atoms with E-state index in [0.717, 1.165) is 17.4 Å². The topological polar surface area (TPSA) is 92.7 Å². The minimum atomic E-state index is -0.647. The van der Waals surface area contributed by atoms with E-state index >= 15 is 0 Å². The van der Waals surface area contributed by atoms with Gasteiger partial charge in [-0.2, -0.15) is 4.98 Å². The van der Waals surface area contributed by atoms with E-state index in [4.69, 9.17) is 0 Å². The highest BCUT2D eigenvalue weighted by molar-refractivity contribution is 5.73. The summed E-state index contributed by atoms with van der Waals surface area (Å²) in [5.41, 5.74) is 1.69. The Hall–Kier alpha value is -3.81. The molecule has 8 heteroatoms. The van der Waals surface area contributed by atoms with Crippen LogP contribution < -0.4 is 16.6 Å². The third-order valence-electron chi connectivity index (χ3n) is 5.46. The quantitative estimate of drug-likeness (QED) is 0.547. The lowest BCUT2D eigenvalue weighted by Gasteiger charge is -2.14. The normalized spacial score (nSPS) is 15.3. The molecular weight excluding hydrogens is 385 g/mol. The fourth-order valence-electron chi connectivity index (χ4n) is 3.91. The number of aromatic amines is 1. The van der Waals surface area contributed by atoms with Crippen molar-refractivity contribution in [2.75, 3.05) is 5.32 Å². The summed E-state index contributed by atoms with van der Waals surface area (Å²) in [4.78, 5) is 36.5. The van der Waals surface area contributed by atoms with E-state index in [2.05, 4.69) is 32.4 Å². The molecule has 30 heavy (non-hydrogen) atoms. The molecule has 5 rings (SSSR count). The fourth-order valence-corrected chi connectivity index (χ4v) is 3.91. The monoisotopic (exact) mass is 403 g/mol. The third-order valence-corrected chi connectivity index (χ3v) is 5.46. The lowest BCUT2D eigenvalue weighted by Crippen LogP contribution is -2.36. The van der Waals surface area contributed by atoms with Crippen LogP contribution in [0.5, 0.6) is 0 Å². The molecule has 0 saturated carbocycles. The minimum Gasteiger partial charge on any atom is -0.347 e. The number of anilines is 1. The summed E-state index contributed by atoms with van der Waals surface area (Å²) in [6.45, 7) is -0.171. The molecule has 2 aromatic carbocycles. The Balaban J connectivity index is 1.48. The van der Waals surface area contributed by atoms with Crippen LogP contribution >= 0.6 is 0 Å². The summed E-state index contributed by atoms with van der Waals surface area (Å²) in [6.07, 6.45) is 3.28. The van der Waals surface area contributed by atoms with Crippen molar-refractivity contribution in [2.24, 2.45) is 0 Å². The Kier molecular flexibility index (Phi) is 4.39. The van der Waals surface area contributed by atoms with Crippen LogP contribution in [0.3, 0.4) is 0 Å². The first-order chi connectivity index (χ1) is 14.6. The minimum absolute atomic E-state index is 0.0757. The first-order valence-electron chi connectivity index (χ1n) is 9.68. The van der Waals surface area contributed by atoms with Gasteiger partial charge < -0.3 is 5.32 Å². The first kappa shape index (κ1) is 18.2. The van der Waals surface area contributed by atoms with Crippen molar-refractivity contribution < 1.29 is 4.39 Å². The van der Waals surface area contributed by atoms with Crippen LogP contribution in [-0.2, 0) is 13.0 Å².